The van der Waals surface area contributed by atoms with Crippen LogP contribution < -0.4 is 11.1 Å². The number of hydrogen-bond acceptors (Lipinski definition) is 7. The summed E-state index contributed by atoms with van der Waals surface area (Å²) >= 11 is 0. The maximum atomic E-state index is 12.4. The van der Waals surface area contributed by atoms with Gasteiger partial charge in [-0.25, -0.2) is 9.97 Å². The van der Waals surface area contributed by atoms with Crippen LogP contribution in [0, 0.1) is 6.92 Å². The Morgan fingerprint density at radius 1 is 1.37 bits per heavy atom. The van der Waals surface area contributed by atoms with E-state index in [1.807, 2.05) is 28.6 Å². The topological polar surface area (TPSA) is 129 Å². The minimum Gasteiger partial charge on any atom is -0.368 e. The van der Waals surface area contributed by atoms with Gasteiger partial charge in [-0.15, -0.1) is 10.2 Å². The highest BCUT2D eigenvalue weighted by atomic mass is 16.1. The van der Waals surface area contributed by atoms with E-state index in [1.165, 1.54) is 6.20 Å². The molecule has 1 saturated carbocycles. The van der Waals surface area contributed by atoms with Crippen molar-refractivity contribution in [2.45, 2.75) is 38.3 Å². The normalized spacial score (nSPS) is 18.9. The predicted octanol–water partition coefficient (Wildman–Crippen LogP) is 0.417. The van der Waals surface area contributed by atoms with E-state index in [0.29, 0.717) is 17.8 Å². The van der Waals surface area contributed by atoms with Crippen LogP contribution in [0.15, 0.2) is 24.7 Å². The lowest BCUT2D eigenvalue weighted by atomic mass is 9.79. The van der Waals surface area contributed by atoms with Crippen molar-refractivity contribution in [3.05, 3.63) is 47.6 Å². The number of hydrogen-bond donors (Lipinski definition) is 2. The molecular formula is C17H21N9O. The smallest absolute Gasteiger partial charge is 0.254 e. The summed E-state index contributed by atoms with van der Waals surface area (Å²) in [5.41, 5.74) is 6.56. The van der Waals surface area contributed by atoms with Crippen molar-refractivity contribution >= 4 is 11.9 Å². The molecule has 0 spiro atoms. The highest BCUT2D eigenvalue weighted by molar-refractivity contribution is 5.95. The lowest BCUT2D eigenvalue weighted by Crippen LogP contribution is -2.44. The number of nitrogens with one attached hydrogen (secondary N) is 1. The lowest BCUT2D eigenvalue weighted by Gasteiger charge is -2.35. The molecule has 0 radical (unpaired) electrons. The van der Waals surface area contributed by atoms with Gasteiger partial charge in [-0.3, -0.25) is 9.48 Å². The zero-order valence-corrected chi connectivity index (χ0v) is 15.2. The standard InChI is InChI=1S/C17H21N9O/c1-10-13(8-19-17(18)21-10)16(27)22-12-6-11(7-12)15-24-23-14(25(15)2)9-26-5-3-4-20-26/h3-5,8,11-12H,6-7,9H2,1-2H3,(H,22,27)(H2,18,19,21). The van der Waals surface area contributed by atoms with Crippen LogP contribution >= 0.6 is 0 Å². The monoisotopic (exact) mass is 367 g/mol. The number of carbonyl (C=O) groups excluding carboxylic acids is 1. The van der Waals surface area contributed by atoms with Crippen LogP contribution in [0.1, 0.15) is 46.5 Å². The molecular weight excluding hydrogens is 346 g/mol. The second-order valence-electron chi connectivity index (χ2n) is 6.80. The van der Waals surface area contributed by atoms with E-state index in [1.54, 1.807) is 13.1 Å². The molecule has 3 N–H and O–H groups in total. The third kappa shape index (κ3) is 3.37. The fraction of sp³-hybridized carbons (Fsp3) is 0.412. The van der Waals surface area contributed by atoms with E-state index in [-0.39, 0.29) is 23.8 Å². The molecule has 1 aliphatic carbocycles. The highest BCUT2D eigenvalue weighted by Crippen LogP contribution is 2.36. The van der Waals surface area contributed by atoms with Crippen LogP contribution in [-0.2, 0) is 13.6 Å². The summed E-state index contributed by atoms with van der Waals surface area (Å²) < 4.78 is 3.83. The summed E-state index contributed by atoms with van der Waals surface area (Å²) in [4.78, 5) is 20.3. The quantitative estimate of drug-likeness (QED) is 0.668. The Balaban J connectivity index is 1.35. The van der Waals surface area contributed by atoms with Gasteiger partial charge in [-0.05, 0) is 25.8 Å². The number of carbonyl (C=O) groups is 1. The fourth-order valence-electron chi connectivity index (χ4n) is 3.33. The number of nitrogens with two attached hydrogens (primary N) is 1. The molecule has 3 heterocycles. The summed E-state index contributed by atoms with van der Waals surface area (Å²) in [6.45, 7) is 2.33. The summed E-state index contributed by atoms with van der Waals surface area (Å²) in [6, 6.07) is 1.98. The van der Waals surface area contributed by atoms with Crippen LogP contribution in [0.5, 0.6) is 0 Å². The van der Waals surface area contributed by atoms with Crippen molar-refractivity contribution in [2.24, 2.45) is 7.05 Å². The minimum absolute atomic E-state index is 0.103. The Morgan fingerprint density at radius 3 is 2.89 bits per heavy atom. The average molecular weight is 367 g/mol. The van der Waals surface area contributed by atoms with Gasteiger partial charge in [-0.1, -0.05) is 0 Å². The van der Waals surface area contributed by atoms with Gasteiger partial charge in [0.25, 0.3) is 5.91 Å². The van der Waals surface area contributed by atoms with Crippen molar-refractivity contribution in [3.8, 4) is 0 Å². The summed E-state index contributed by atoms with van der Waals surface area (Å²) in [5.74, 6) is 2.07. The van der Waals surface area contributed by atoms with Gasteiger partial charge in [0.15, 0.2) is 5.82 Å². The largest absolute Gasteiger partial charge is 0.368 e. The number of aromatic nitrogens is 7. The maximum Gasteiger partial charge on any atom is 0.254 e. The second-order valence-corrected chi connectivity index (χ2v) is 6.80. The number of amides is 1. The third-order valence-electron chi connectivity index (χ3n) is 4.94. The number of rotatable bonds is 5. The molecule has 0 unspecified atom stereocenters. The Kier molecular flexibility index (Phi) is 4.30. The van der Waals surface area contributed by atoms with Gasteiger partial charge in [0, 0.05) is 37.6 Å². The number of anilines is 1. The molecule has 3 aromatic rings. The van der Waals surface area contributed by atoms with Crippen LogP contribution in [0.4, 0.5) is 5.95 Å². The average Bonchev–Trinajstić information content (AvgIpc) is 3.22. The molecule has 0 aromatic carbocycles. The Bertz CT molecular complexity index is 957. The van der Waals surface area contributed by atoms with Crippen LogP contribution in [-0.4, -0.2) is 46.5 Å². The van der Waals surface area contributed by atoms with E-state index in [0.717, 1.165) is 24.5 Å². The van der Waals surface area contributed by atoms with E-state index < -0.39 is 0 Å². The van der Waals surface area contributed by atoms with Crippen molar-refractivity contribution in [1.29, 1.82) is 0 Å². The molecule has 0 aliphatic heterocycles. The number of nitrogens with zero attached hydrogens (tertiary/aromatic N) is 7. The van der Waals surface area contributed by atoms with E-state index in [2.05, 4.69) is 30.6 Å². The Labute approximate surface area is 155 Å². The second kappa shape index (κ2) is 6.78. The molecule has 0 saturated heterocycles. The molecule has 0 atom stereocenters. The van der Waals surface area contributed by atoms with Gasteiger partial charge in [-0.2, -0.15) is 5.10 Å². The first-order chi connectivity index (χ1) is 13.0. The van der Waals surface area contributed by atoms with Crippen molar-refractivity contribution < 1.29 is 4.79 Å². The fourth-order valence-corrected chi connectivity index (χ4v) is 3.33. The SMILES string of the molecule is Cc1nc(N)ncc1C(=O)NC1CC(c2nnc(Cn3cccn3)n2C)C1. The summed E-state index contributed by atoms with van der Waals surface area (Å²) in [7, 11) is 1.97. The first-order valence-electron chi connectivity index (χ1n) is 8.77. The van der Waals surface area contributed by atoms with Crippen molar-refractivity contribution in [3.63, 3.8) is 0 Å². The third-order valence-corrected chi connectivity index (χ3v) is 4.94. The molecule has 27 heavy (non-hydrogen) atoms. The summed E-state index contributed by atoms with van der Waals surface area (Å²) in [6.07, 6.45) is 6.76. The summed E-state index contributed by atoms with van der Waals surface area (Å²) in [5, 5.41) is 15.8. The molecule has 4 rings (SSSR count). The first kappa shape index (κ1) is 17.1. The van der Waals surface area contributed by atoms with Crippen molar-refractivity contribution in [2.75, 3.05) is 5.73 Å². The maximum absolute atomic E-state index is 12.4. The lowest BCUT2D eigenvalue weighted by molar-refractivity contribution is 0.0905. The molecule has 10 heteroatoms. The Morgan fingerprint density at radius 2 is 2.19 bits per heavy atom. The molecule has 140 valence electrons. The minimum atomic E-state index is -0.173. The van der Waals surface area contributed by atoms with Gasteiger partial charge >= 0.3 is 0 Å². The number of aryl methyl sites for hydroxylation is 1. The molecule has 1 fully saturated rings. The Hall–Kier alpha value is -3.30. The molecule has 1 aliphatic rings. The van der Waals surface area contributed by atoms with Gasteiger partial charge in [0.05, 0.1) is 11.3 Å². The molecule has 3 aromatic heterocycles. The van der Waals surface area contributed by atoms with Crippen LogP contribution in [0.25, 0.3) is 0 Å². The van der Waals surface area contributed by atoms with E-state index in [9.17, 15) is 4.79 Å². The van der Waals surface area contributed by atoms with E-state index >= 15 is 0 Å². The van der Waals surface area contributed by atoms with Crippen LogP contribution in [0.2, 0.25) is 0 Å². The zero-order valence-electron chi connectivity index (χ0n) is 15.2. The molecule has 1 amide bonds. The van der Waals surface area contributed by atoms with Crippen molar-refractivity contribution in [1.82, 2.24) is 39.8 Å². The molecule has 10 nitrogen and oxygen atoms in total. The number of nitrogen functional groups attached to an aromatic ring is 1. The zero-order chi connectivity index (χ0) is 19.0. The highest BCUT2D eigenvalue weighted by Gasteiger charge is 2.35. The first-order valence-corrected chi connectivity index (χ1v) is 8.77. The van der Waals surface area contributed by atoms with E-state index in [4.69, 9.17) is 5.73 Å². The van der Waals surface area contributed by atoms with Gasteiger partial charge in [0.1, 0.15) is 12.4 Å². The predicted molar refractivity (Wildman–Crippen MR) is 96.7 cm³/mol. The van der Waals surface area contributed by atoms with Gasteiger partial charge in [0.2, 0.25) is 5.95 Å². The van der Waals surface area contributed by atoms with Gasteiger partial charge < -0.3 is 15.6 Å². The van der Waals surface area contributed by atoms with Crippen LogP contribution in [0.3, 0.4) is 0 Å². The molecule has 0 bridgehead atoms.